The molecule has 0 saturated carbocycles. The third-order valence-corrected chi connectivity index (χ3v) is 3.34. The van der Waals surface area contributed by atoms with Gasteiger partial charge in [0.15, 0.2) is 5.69 Å². The molecule has 0 fully saturated rings. The highest BCUT2D eigenvalue weighted by molar-refractivity contribution is 5.95. The third kappa shape index (κ3) is 1.86. The van der Waals surface area contributed by atoms with Crippen LogP contribution in [-0.4, -0.2) is 20.5 Å². The van der Waals surface area contributed by atoms with Gasteiger partial charge in [-0.15, -0.1) is 0 Å². The van der Waals surface area contributed by atoms with E-state index >= 15 is 0 Å². The van der Waals surface area contributed by atoms with Gasteiger partial charge in [-0.2, -0.15) is 0 Å². The van der Waals surface area contributed by atoms with Crippen molar-refractivity contribution < 1.29 is 9.90 Å². The molecule has 1 N–H and O–H groups in total. The highest BCUT2D eigenvalue weighted by Crippen LogP contribution is 2.25. The molecule has 0 atom stereocenters. The van der Waals surface area contributed by atoms with Crippen LogP contribution < -0.4 is 0 Å². The first-order chi connectivity index (χ1) is 9.58. The van der Waals surface area contributed by atoms with Gasteiger partial charge in [-0.25, -0.2) is 9.78 Å². The first-order valence-corrected chi connectivity index (χ1v) is 6.36. The average Bonchev–Trinajstić information content (AvgIpc) is 2.80. The number of aryl methyl sites for hydroxylation is 2. The third-order valence-electron chi connectivity index (χ3n) is 3.34. The van der Waals surface area contributed by atoms with Crippen molar-refractivity contribution in [1.82, 2.24) is 9.38 Å². The fourth-order valence-corrected chi connectivity index (χ4v) is 2.43. The van der Waals surface area contributed by atoms with Gasteiger partial charge in [0.2, 0.25) is 0 Å². The topological polar surface area (TPSA) is 54.6 Å². The van der Waals surface area contributed by atoms with Crippen molar-refractivity contribution in [3.8, 4) is 11.4 Å². The maximum absolute atomic E-state index is 11.4. The molecule has 0 unspecified atom stereocenters. The van der Waals surface area contributed by atoms with E-state index in [9.17, 15) is 9.90 Å². The molecule has 0 radical (unpaired) electrons. The Bertz CT molecular complexity index is 818. The van der Waals surface area contributed by atoms with Gasteiger partial charge >= 0.3 is 5.97 Å². The van der Waals surface area contributed by atoms with Crippen molar-refractivity contribution in [3.05, 3.63) is 59.4 Å². The number of aromatic carboxylic acids is 1. The van der Waals surface area contributed by atoms with E-state index in [1.807, 2.05) is 54.6 Å². The van der Waals surface area contributed by atoms with Gasteiger partial charge < -0.3 is 5.11 Å². The number of nitrogens with zero attached hydrogens (tertiary/aromatic N) is 2. The second-order valence-electron chi connectivity index (χ2n) is 4.85. The molecule has 3 rings (SSSR count). The first kappa shape index (κ1) is 12.4. The number of fused-ring (bicyclic) bond motifs is 1. The van der Waals surface area contributed by atoms with Crippen molar-refractivity contribution in [3.63, 3.8) is 0 Å². The van der Waals surface area contributed by atoms with Crippen molar-refractivity contribution >= 4 is 11.5 Å². The summed E-state index contributed by atoms with van der Waals surface area (Å²) in [5.41, 5.74) is 3.70. The molecule has 0 bridgehead atoms. The molecule has 2 aromatic heterocycles. The minimum absolute atomic E-state index is 0.0882. The lowest BCUT2D eigenvalue weighted by molar-refractivity contribution is 0.0693. The highest BCUT2D eigenvalue weighted by Gasteiger charge is 2.18. The number of carboxylic acids is 1. The Morgan fingerprint density at radius 1 is 1.15 bits per heavy atom. The Hall–Kier alpha value is -2.62. The predicted molar refractivity (Wildman–Crippen MR) is 77.1 cm³/mol. The number of aromatic nitrogens is 2. The zero-order valence-corrected chi connectivity index (χ0v) is 11.3. The molecule has 0 saturated heterocycles. The zero-order valence-electron chi connectivity index (χ0n) is 11.3. The highest BCUT2D eigenvalue weighted by atomic mass is 16.4. The van der Waals surface area contributed by atoms with E-state index < -0.39 is 5.97 Å². The van der Waals surface area contributed by atoms with Crippen molar-refractivity contribution in [1.29, 1.82) is 0 Å². The quantitative estimate of drug-likeness (QED) is 0.774. The number of carboxylic acid groups (broad SMARTS) is 1. The predicted octanol–water partition coefficient (Wildman–Crippen LogP) is 3.32. The summed E-state index contributed by atoms with van der Waals surface area (Å²) in [6.45, 7) is 3.95. The van der Waals surface area contributed by atoms with Crippen molar-refractivity contribution in [2.75, 3.05) is 0 Å². The van der Waals surface area contributed by atoms with Crippen LogP contribution in [0.4, 0.5) is 0 Å². The number of carbonyl (C=O) groups is 1. The number of hydrogen-bond donors (Lipinski definition) is 1. The Kier molecular flexibility index (Phi) is 2.79. The summed E-state index contributed by atoms with van der Waals surface area (Å²) in [6, 6.07) is 13.5. The normalized spacial score (nSPS) is 10.9. The molecule has 0 aliphatic carbocycles. The summed E-state index contributed by atoms with van der Waals surface area (Å²) in [6.07, 6.45) is 0. The minimum atomic E-state index is -1.01. The van der Waals surface area contributed by atoms with E-state index in [0.717, 1.165) is 16.8 Å². The lowest BCUT2D eigenvalue weighted by Crippen LogP contribution is -1.97. The van der Waals surface area contributed by atoms with Crippen LogP contribution in [0.3, 0.4) is 0 Å². The Morgan fingerprint density at radius 3 is 2.60 bits per heavy atom. The molecular formula is C16H14N2O2. The summed E-state index contributed by atoms with van der Waals surface area (Å²) < 4.78 is 1.89. The van der Waals surface area contributed by atoms with E-state index in [-0.39, 0.29) is 5.69 Å². The zero-order chi connectivity index (χ0) is 14.3. The Balaban J connectivity index is 2.39. The van der Waals surface area contributed by atoms with Crippen LogP contribution >= 0.6 is 0 Å². The maximum atomic E-state index is 11.4. The van der Waals surface area contributed by atoms with Crippen LogP contribution in [0.25, 0.3) is 16.9 Å². The van der Waals surface area contributed by atoms with E-state index in [1.165, 1.54) is 0 Å². The fraction of sp³-hybridized carbons (Fsp3) is 0.125. The number of pyridine rings is 1. The van der Waals surface area contributed by atoms with Crippen LogP contribution in [-0.2, 0) is 0 Å². The van der Waals surface area contributed by atoms with Gasteiger partial charge in [-0.05, 0) is 32.0 Å². The molecule has 4 heteroatoms. The van der Waals surface area contributed by atoms with Gasteiger partial charge in [0.1, 0.15) is 5.82 Å². The van der Waals surface area contributed by atoms with E-state index in [2.05, 4.69) is 4.98 Å². The molecule has 2 heterocycles. The summed E-state index contributed by atoms with van der Waals surface area (Å²) in [5, 5.41) is 9.31. The molecule has 0 aliphatic heterocycles. The molecule has 20 heavy (non-hydrogen) atoms. The van der Waals surface area contributed by atoms with Crippen LogP contribution in [0.5, 0.6) is 0 Å². The summed E-state index contributed by atoms with van der Waals surface area (Å²) in [4.78, 5) is 15.7. The second kappa shape index (κ2) is 4.49. The number of rotatable bonds is 2. The van der Waals surface area contributed by atoms with Crippen molar-refractivity contribution in [2.45, 2.75) is 13.8 Å². The maximum Gasteiger partial charge on any atom is 0.356 e. The fourth-order valence-electron chi connectivity index (χ4n) is 2.43. The Labute approximate surface area is 116 Å². The van der Waals surface area contributed by atoms with E-state index in [4.69, 9.17) is 0 Å². The van der Waals surface area contributed by atoms with E-state index in [1.54, 1.807) is 6.07 Å². The van der Waals surface area contributed by atoms with E-state index in [0.29, 0.717) is 11.3 Å². The van der Waals surface area contributed by atoms with Gasteiger partial charge in [-0.3, -0.25) is 4.40 Å². The molecule has 4 nitrogen and oxygen atoms in total. The van der Waals surface area contributed by atoms with Crippen molar-refractivity contribution in [2.24, 2.45) is 0 Å². The summed E-state index contributed by atoms with van der Waals surface area (Å²) in [7, 11) is 0. The molecular weight excluding hydrogens is 252 g/mol. The summed E-state index contributed by atoms with van der Waals surface area (Å²) in [5.74, 6) is -0.341. The molecule has 0 aliphatic rings. The molecule has 1 aromatic carbocycles. The summed E-state index contributed by atoms with van der Waals surface area (Å²) >= 11 is 0. The van der Waals surface area contributed by atoms with Crippen LogP contribution in [0, 0.1) is 13.8 Å². The van der Waals surface area contributed by atoms with Crippen LogP contribution in [0.2, 0.25) is 0 Å². The lowest BCUT2D eigenvalue weighted by atomic mass is 10.1. The SMILES string of the molecule is Cc1cccc(-c2nc(C(=O)O)c3cccc(C)n23)c1. The number of benzene rings is 1. The van der Waals surface area contributed by atoms with Crippen LogP contribution in [0.1, 0.15) is 21.7 Å². The van der Waals surface area contributed by atoms with Gasteiger partial charge in [0.25, 0.3) is 0 Å². The monoisotopic (exact) mass is 266 g/mol. The van der Waals surface area contributed by atoms with Gasteiger partial charge in [0, 0.05) is 11.3 Å². The largest absolute Gasteiger partial charge is 0.476 e. The second-order valence-corrected chi connectivity index (χ2v) is 4.85. The van der Waals surface area contributed by atoms with Gasteiger partial charge in [-0.1, -0.05) is 29.8 Å². The number of imidazole rings is 1. The average molecular weight is 266 g/mol. The lowest BCUT2D eigenvalue weighted by Gasteiger charge is -2.05. The Morgan fingerprint density at radius 2 is 1.90 bits per heavy atom. The minimum Gasteiger partial charge on any atom is -0.476 e. The van der Waals surface area contributed by atoms with Crippen LogP contribution in [0.15, 0.2) is 42.5 Å². The van der Waals surface area contributed by atoms with Gasteiger partial charge in [0.05, 0.1) is 5.52 Å². The number of hydrogen-bond acceptors (Lipinski definition) is 2. The molecule has 100 valence electrons. The molecule has 0 spiro atoms. The standard InChI is InChI=1S/C16H14N2O2/c1-10-5-3-7-12(9-10)15-17-14(16(19)20)13-8-4-6-11(2)18(13)15/h3-9H,1-2H3,(H,19,20). The molecule has 0 amide bonds. The first-order valence-electron chi connectivity index (χ1n) is 6.36. The molecule has 3 aromatic rings. The smallest absolute Gasteiger partial charge is 0.356 e.